The lowest BCUT2D eigenvalue weighted by molar-refractivity contribution is 0.0803. The molecule has 0 radical (unpaired) electrons. The summed E-state index contributed by atoms with van der Waals surface area (Å²) in [6.07, 6.45) is 10.6. The molecule has 0 aliphatic heterocycles. The van der Waals surface area contributed by atoms with Crippen molar-refractivity contribution < 1.29 is 5.11 Å². The maximum atomic E-state index is 11.3. The number of pyridine rings is 3. The molecule has 21 heavy (non-hydrogen) atoms. The normalized spacial score (nSPS) is 11.3. The first kappa shape index (κ1) is 13.4. The fraction of sp³-hybridized carbons (Fsp3) is 0.118. The van der Waals surface area contributed by atoms with Gasteiger partial charge in [0.25, 0.3) is 0 Å². The molecule has 3 rings (SSSR count). The molecule has 3 aromatic heterocycles. The van der Waals surface area contributed by atoms with E-state index < -0.39 is 5.60 Å². The molecule has 4 nitrogen and oxygen atoms in total. The Bertz CT molecular complexity index is 648. The highest BCUT2D eigenvalue weighted by molar-refractivity contribution is 5.35. The van der Waals surface area contributed by atoms with Crippen molar-refractivity contribution in [2.45, 2.75) is 12.0 Å². The first-order valence-corrected chi connectivity index (χ1v) is 6.71. The third kappa shape index (κ3) is 2.80. The van der Waals surface area contributed by atoms with Gasteiger partial charge in [0, 0.05) is 54.7 Å². The van der Waals surface area contributed by atoms with Gasteiger partial charge >= 0.3 is 0 Å². The summed E-state index contributed by atoms with van der Waals surface area (Å²) in [5, 5.41) is 11.3. The number of nitrogens with zero attached hydrogens (tertiary/aromatic N) is 3. The first-order chi connectivity index (χ1) is 10.3. The van der Waals surface area contributed by atoms with Crippen LogP contribution < -0.4 is 0 Å². The fourth-order valence-electron chi connectivity index (χ4n) is 2.38. The molecule has 3 aromatic rings. The van der Waals surface area contributed by atoms with Crippen molar-refractivity contribution >= 4 is 0 Å². The van der Waals surface area contributed by atoms with E-state index in [0.717, 1.165) is 16.7 Å². The minimum atomic E-state index is -1.18. The highest BCUT2D eigenvalue weighted by atomic mass is 16.3. The zero-order valence-electron chi connectivity index (χ0n) is 11.4. The number of hydrogen-bond donors (Lipinski definition) is 1. The van der Waals surface area contributed by atoms with E-state index in [2.05, 4.69) is 15.0 Å². The Kier molecular flexibility index (Phi) is 3.71. The van der Waals surface area contributed by atoms with Gasteiger partial charge in [-0.15, -0.1) is 0 Å². The number of rotatable bonds is 4. The van der Waals surface area contributed by atoms with Crippen LogP contribution in [0.4, 0.5) is 0 Å². The molecule has 4 heteroatoms. The van der Waals surface area contributed by atoms with Crippen LogP contribution in [0.5, 0.6) is 0 Å². The molecule has 0 saturated heterocycles. The third-order valence-electron chi connectivity index (χ3n) is 3.46. The summed E-state index contributed by atoms with van der Waals surface area (Å²) in [5.41, 5.74) is 1.25. The molecule has 104 valence electrons. The smallest absolute Gasteiger partial charge is 0.122 e. The SMILES string of the molecule is OC(Cc1cccnc1)(c1cccnc1)c1cccnc1. The van der Waals surface area contributed by atoms with E-state index in [1.165, 1.54) is 0 Å². The number of aromatic nitrogens is 3. The molecule has 0 aliphatic rings. The molecule has 1 N–H and O–H groups in total. The van der Waals surface area contributed by atoms with E-state index in [-0.39, 0.29) is 0 Å². The highest BCUT2D eigenvalue weighted by Crippen LogP contribution is 2.32. The van der Waals surface area contributed by atoms with Gasteiger partial charge in [-0.2, -0.15) is 0 Å². The van der Waals surface area contributed by atoms with Crippen molar-refractivity contribution in [2.24, 2.45) is 0 Å². The second kappa shape index (κ2) is 5.81. The maximum Gasteiger partial charge on any atom is 0.122 e. The molecule has 0 amide bonds. The monoisotopic (exact) mass is 277 g/mol. The van der Waals surface area contributed by atoms with Crippen molar-refractivity contribution in [3.63, 3.8) is 0 Å². The lowest BCUT2D eigenvalue weighted by Gasteiger charge is -2.28. The van der Waals surface area contributed by atoms with Gasteiger partial charge in [-0.1, -0.05) is 18.2 Å². The Morgan fingerprint density at radius 2 is 1.29 bits per heavy atom. The van der Waals surface area contributed by atoms with Crippen LogP contribution in [0, 0.1) is 0 Å². The van der Waals surface area contributed by atoms with Gasteiger partial charge < -0.3 is 5.11 Å². The Morgan fingerprint density at radius 1 is 0.762 bits per heavy atom. The van der Waals surface area contributed by atoms with Crippen LogP contribution in [-0.2, 0) is 12.0 Å². The van der Waals surface area contributed by atoms with Crippen LogP contribution in [-0.4, -0.2) is 20.1 Å². The van der Waals surface area contributed by atoms with Crippen LogP contribution in [0.1, 0.15) is 16.7 Å². The van der Waals surface area contributed by atoms with E-state index in [4.69, 9.17) is 0 Å². The Morgan fingerprint density at radius 3 is 1.71 bits per heavy atom. The molecule has 0 spiro atoms. The van der Waals surface area contributed by atoms with Crippen molar-refractivity contribution in [3.05, 3.63) is 90.3 Å². The van der Waals surface area contributed by atoms with Crippen LogP contribution in [0.3, 0.4) is 0 Å². The van der Waals surface area contributed by atoms with Gasteiger partial charge in [-0.05, 0) is 23.8 Å². The van der Waals surface area contributed by atoms with E-state index in [0.29, 0.717) is 6.42 Å². The summed E-state index contributed by atoms with van der Waals surface area (Å²) in [6.45, 7) is 0. The maximum absolute atomic E-state index is 11.3. The summed E-state index contributed by atoms with van der Waals surface area (Å²) in [5.74, 6) is 0. The quantitative estimate of drug-likeness (QED) is 0.795. The van der Waals surface area contributed by atoms with Gasteiger partial charge in [0.2, 0.25) is 0 Å². The summed E-state index contributed by atoms with van der Waals surface area (Å²) < 4.78 is 0. The topological polar surface area (TPSA) is 58.9 Å². The summed E-state index contributed by atoms with van der Waals surface area (Å²) in [7, 11) is 0. The summed E-state index contributed by atoms with van der Waals surface area (Å²) in [4.78, 5) is 12.4. The summed E-state index contributed by atoms with van der Waals surface area (Å²) in [6, 6.07) is 11.2. The molecule has 0 atom stereocenters. The summed E-state index contributed by atoms with van der Waals surface area (Å²) >= 11 is 0. The predicted molar refractivity (Wildman–Crippen MR) is 79.4 cm³/mol. The van der Waals surface area contributed by atoms with Gasteiger partial charge in [0.05, 0.1) is 0 Å². The molecule has 0 fully saturated rings. The largest absolute Gasteiger partial charge is 0.380 e. The van der Waals surface area contributed by atoms with Crippen molar-refractivity contribution in [3.8, 4) is 0 Å². The Hall–Kier alpha value is -2.59. The van der Waals surface area contributed by atoms with E-state index in [1.807, 2.05) is 36.4 Å². The van der Waals surface area contributed by atoms with Crippen LogP contribution in [0.25, 0.3) is 0 Å². The average molecular weight is 277 g/mol. The zero-order valence-corrected chi connectivity index (χ0v) is 11.4. The third-order valence-corrected chi connectivity index (χ3v) is 3.46. The van der Waals surface area contributed by atoms with Gasteiger partial charge in [0.1, 0.15) is 5.60 Å². The molecular formula is C17H15N3O. The zero-order chi connectivity index (χ0) is 14.5. The molecule has 0 aromatic carbocycles. The van der Waals surface area contributed by atoms with Crippen LogP contribution >= 0.6 is 0 Å². The molecule has 0 aliphatic carbocycles. The van der Waals surface area contributed by atoms with Crippen LogP contribution in [0.15, 0.2) is 73.6 Å². The van der Waals surface area contributed by atoms with E-state index >= 15 is 0 Å². The molecule has 0 bridgehead atoms. The lowest BCUT2D eigenvalue weighted by atomic mass is 9.83. The van der Waals surface area contributed by atoms with E-state index in [1.54, 1.807) is 37.2 Å². The molecule has 0 unspecified atom stereocenters. The minimum absolute atomic E-state index is 0.415. The van der Waals surface area contributed by atoms with E-state index in [9.17, 15) is 5.11 Å². The van der Waals surface area contributed by atoms with Gasteiger partial charge in [-0.25, -0.2) is 0 Å². The minimum Gasteiger partial charge on any atom is -0.380 e. The Balaban J connectivity index is 2.07. The van der Waals surface area contributed by atoms with Crippen molar-refractivity contribution in [2.75, 3.05) is 0 Å². The van der Waals surface area contributed by atoms with Gasteiger partial charge in [-0.3, -0.25) is 15.0 Å². The lowest BCUT2D eigenvalue weighted by Crippen LogP contribution is -2.30. The molecular weight excluding hydrogens is 262 g/mol. The van der Waals surface area contributed by atoms with Crippen molar-refractivity contribution in [1.82, 2.24) is 15.0 Å². The first-order valence-electron chi connectivity index (χ1n) is 6.71. The van der Waals surface area contributed by atoms with Crippen molar-refractivity contribution in [1.29, 1.82) is 0 Å². The standard InChI is InChI=1S/C17H15N3O/c21-17(15-5-2-8-19-12-15,16-6-3-9-20-13-16)10-14-4-1-7-18-11-14/h1-9,11-13,21H,10H2. The Labute approximate surface area is 123 Å². The van der Waals surface area contributed by atoms with Gasteiger partial charge in [0.15, 0.2) is 0 Å². The second-order valence-electron chi connectivity index (χ2n) is 4.88. The predicted octanol–water partition coefficient (Wildman–Crippen LogP) is 2.35. The number of hydrogen-bond acceptors (Lipinski definition) is 4. The number of aliphatic hydroxyl groups is 1. The highest BCUT2D eigenvalue weighted by Gasteiger charge is 2.32. The molecule has 3 heterocycles. The fourth-order valence-corrected chi connectivity index (χ4v) is 2.38. The second-order valence-corrected chi connectivity index (χ2v) is 4.88. The average Bonchev–Trinajstić information content (AvgIpc) is 2.57. The molecule has 0 saturated carbocycles. The van der Waals surface area contributed by atoms with Crippen LogP contribution in [0.2, 0.25) is 0 Å².